The minimum atomic E-state index is -0.958. The van der Waals surface area contributed by atoms with Gasteiger partial charge >= 0.3 is 11.9 Å². The summed E-state index contributed by atoms with van der Waals surface area (Å²) in [5.74, 6) is -2.58. The van der Waals surface area contributed by atoms with Gasteiger partial charge in [-0.15, -0.1) is 0 Å². The molecule has 3 aromatic carbocycles. The normalized spacial score (nSPS) is 14.8. The van der Waals surface area contributed by atoms with Gasteiger partial charge in [0.15, 0.2) is 5.65 Å². The van der Waals surface area contributed by atoms with E-state index in [0.717, 1.165) is 28.1 Å². The van der Waals surface area contributed by atoms with Crippen LogP contribution in [0, 0.1) is 18.3 Å². The van der Waals surface area contributed by atoms with Crippen LogP contribution < -0.4 is 10.6 Å². The van der Waals surface area contributed by atoms with E-state index in [4.69, 9.17) is 20.3 Å². The Kier molecular flexibility index (Phi) is 7.59. The number of methoxy groups -OCH3 is 2. The lowest BCUT2D eigenvalue weighted by Gasteiger charge is -2.36. The highest BCUT2D eigenvalue weighted by atomic mass is 16.5. The number of anilines is 1. The first-order valence-electron chi connectivity index (χ1n) is 14.0. The molecule has 1 unspecified atom stereocenters. The molecule has 10 nitrogen and oxygen atoms in total. The number of nitriles is 1. The fourth-order valence-corrected chi connectivity index (χ4v) is 5.80. The number of carbonyl (C=O) groups is 2. The van der Waals surface area contributed by atoms with E-state index in [1.54, 1.807) is 53.2 Å². The third-order valence-electron chi connectivity index (χ3n) is 7.77. The third-order valence-corrected chi connectivity index (χ3v) is 7.77. The van der Waals surface area contributed by atoms with Crippen LogP contribution in [0.1, 0.15) is 17.2 Å². The topological polar surface area (TPSA) is 136 Å². The molecule has 2 aromatic heterocycles. The second-order valence-electron chi connectivity index (χ2n) is 10.3. The zero-order valence-electron chi connectivity index (χ0n) is 24.8. The second-order valence-corrected chi connectivity index (χ2v) is 10.3. The van der Waals surface area contributed by atoms with Gasteiger partial charge in [0.1, 0.15) is 11.5 Å². The molecule has 10 heteroatoms. The van der Waals surface area contributed by atoms with Gasteiger partial charge in [-0.05, 0) is 36.2 Å². The molecule has 0 bridgehead atoms. The number of rotatable bonds is 6. The van der Waals surface area contributed by atoms with Crippen molar-refractivity contribution in [3.05, 3.63) is 131 Å². The van der Waals surface area contributed by atoms with Crippen molar-refractivity contribution in [2.75, 3.05) is 19.1 Å². The number of hydrogen-bond acceptors (Lipinski definition) is 9. The van der Waals surface area contributed by atoms with Crippen LogP contribution in [0.4, 0.5) is 5.69 Å². The number of hydrogen-bond donors (Lipinski definition) is 1. The first kappa shape index (κ1) is 28.9. The highest BCUT2D eigenvalue weighted by Crippen LogP contribution is 2.43. The van der Waals surface area contributed by atoms with E-state index in [-0.39, 0.29) is 22.7 Å². The number of ether oxygens (including phenoxy) is 2. The Morgan fingerprint density at radius 3 is 2.22 bits per heavy atom. The molecule has 45 heavy (non-hydrogen) atoms. The Labute approximate surface area is 259 Å². The predicted molar refractivity (Wildman–Crippen MR) is 168 cm³/mol. The Morgan fingerprint density at radius 1 is 0.889 bits per heavy atom. The summed E-state index contributed by atoms with van der Waals surface area (Å²) >= 11 is 0. The van der Waals surface area contributed by atoms with Gasteiger partial charge in [0.2, 0.25) is 0 Å². The Hall–Kier alpha value is -6.21. The zero-order valence-corrected chi connectivity index (χ0v) is 24.8. The van der Waals surface area contributed by atoms with E-state index in [1.165, 1.54) is 19.1 Å². The minimum Gasteiger partial charge on any atom is -0.466 e. The summed E-state index contributed by atoms with van der Waals surface area (Å²) in [6.45, 7) is 1.94. The fraction of sp³-hybridized carbons (Fsp3) is 0.114. The van der Waals surface area contributed by atoms with Crippen molar-refractivity contribution in [2.45, 2.75) is 12.8 Å². The van der Waals surface area contributed by atoms with Gasteiger partial charge in [-0.25, -0.2) is 19.1 Å². The number of nitrogens with zero attached hydrogens (tertiary/aromatic N) is 5. The number of nitrogens with two attached hydrogens (primary N) is 1. The van der Waals surface area contributed by atoms with E-state index in [9.17, 15) is 14.9 Å². The number of benzene rings is 3. The molecule has 3 heterocycles. The Morgan fingerprint density at radius 2 is 1.56 bits per heavy atom. The van der Waals surface area contributed by atoms with E-state index < -0.39 is 17.9 Å². The van der Waals surface area contributed by atoms with E-state index >= 15 is 0 Å². The quantitative estimate of drug-likeness (QED) is 0.260. The summed E-state index contributed by atoms with van der Waals surface area (Å²) < 4.78 is 12.1. The molecule has 1 atom stereocenters. The Bertz CT molecular complexity index is 2060. The molecule has 1 aliphatic heterocycles. The molecule has 1 aliphatic rings. The van der Waals surface area contributed by atoms with Crippen molar-refractivity contribution in [2.24, 2.45) is 5.73 Å². The molecule has 222 valence electrons. The zero-order chi connectivity index (χ0) is 31.7. The van der Waals surface area contributed by atoms with E-state index in [2.05, 4.69) is 11.1 Å². The lowest BCUT2D eigenvalue weighted by atomic mass is 9.81. The van der Waals surface area contributed by atoms with Crippen LogP contribution in [0.15, 0.2) is 120 Å². The lowest BCUT2D eigenvalue weighted by Crippen LogP contribution is -2.40. The molecule has 0 fully saturated rings. The van der Waals surface area contributed by atoms with Crippen LogP contribution in [0.5, 0.6) is 0 Å². The maximum Gasteiger partial charge on any atom is 0.355 e. The third kappa shape index (κ3) is 4.86. The van der Waals surface area contributed by atoms with Gasteiger partial charge in [0, 0.05) is 23.0 Å². The Balaban J connectivity index is 1.57. The number of fused-ring (bicyclic) bond motifs is 1. The monoisotopic (exact) mass is 596 g/mol. The predicted octanol–water partition coefficient (Wildman–Crippen LogP) is 5.27. The van der Waals surface area contributed by atoms with Crippen molar-refractivity contribution >= 4 is 23.3 Å². The molecular formula is C35H28N6O4. The van der Waals surface area contributed by atoms with Crippen molar-refractivity contribution in [3.8, 4) is 28.5 Å². The van der Waals surface area contributed by atoms with Crippen molar-refractivity contribution in [1.82, 2.24) is 14.6 Å². The van der Waals surface area contributed by atoms with Gasteiger partial charge in [0.05, 0.1) is 48.7 Å². The van der Waals surface area contributed by atoms with Crippen molar-refractivity contribution in [1.29, 1.82) is 5.26 Å². The average molecular weight is 597 g/mol. The van der Waals surface area contributed by atoms with Crippen LogP contribution in [0.25, 0.3) is 28.0 Å². The standard InChI is InChI=1S/C35H28N6O4/c1-21-28(22-11-6-4-7-12-22)33-38-18-17-27(41(33)39-21)24-15-10-16-25(19-24)40-31(35(43)45-3)30(34(42)44-2)29(26(20-36)32(40)37)23-13-8-5-9-14-23/h4-19,29H,37H2,1-3H3. The van der Waals surface area contributed by atoms with Gasteiger partial charge in [0.25, 0.3) is 0 Å². The number of allylic oxidation sites excluding steroid dienone is 1. The number of esters is 2. The molecule has 2 N–H and O–H groups in total. The number of carbonyl (C=O) groups excluding carboxylic acids is 2. The van der Waals surface area contributed by atoms with E-state index in [1.807, 2.05) is 55.5 Å². The average Bonchev–Trinajstić information content (AvgIpc) is 3.43. The summed E-state index contributed by atoms with van der Waals surface area (Å²) in [4.78, 5) is 32.9. The summed E-state index contributed by atoms with van der Waals surface area (Å²) in [5, 5.41) is 15.2. The summed E-state index contributed by atoms with van der Waals surface area (Å²) in [7, 11) is 2.43. The number of aromatic nitrogens is 3. The smallest absolute Gasteiger partial charge is 0.355 e. The SMILES string of the molecule is COC(=O)C1=C(C(=O)OC)N(c2cccc(-c3ccnc4c(-c5ccccc5)c(C)nn34)c2)C(N)=C(C#N)C1c1ccccc1. The van der Waals surface area contributed by atoms with Crippen molar-refractivity contribution < 1.29 is 19.1 Å². The molecule has 0 spiro atoms. The van der Waals surface area contributed by atoms with Gasteiger partial charge in [-0.2, -0.15) is 10.4 Å². The van der Waals surface area contributed by atoms with Gasteiger partial charge in [-0.3, -0.25) is 4.90 Å². The van der Waals surface area contributed by atoms with Gasteiger partial charge < -0.3 is 15.2 Å². The molecular weight excluding hydrogens is 568 g/mol. The maximum absolute atomic E-state index is 13.5. The second kappa shape index (κ2) is 11.8. The number of aryl methyl sites for hydroxylation is 1. The van der Waals surface area contributed by atoms with Crippen LogP contribution in [0.3, 0.4) is 0 Å². The lowest BCUT2D eigenvalue weighted by molar-refractivity contribution is -0.139. The molecule has 5 aromatic rings. The van der Waals surface area contributed by atoms with E-state index in [0.29, 0.717) is 16.9 Å². The summed E-state index contributed by atoms with van der Waals surface area (Å²) in [6, 6.07) is 30.0. The van der Waals surface area contributed by atoms with Crippen LogP contribution >= 0.6 is 0 Å². The summed E-state index contributed by atoms with van der Waals surface area (Å²) in [6.07, 6.45) is 1.72. The molecule has 0 saturated heterocycles. The molecule has 6 rings (SSSR count). The van der Waals surface area contributed by atoms with Crippen molar-refractivity contribution in [3.63, 3.8) is 0 Å². The van der Waals surface area contributed by atoms with Crippen LogP contribution in [-0.2, 0) is 19.1 Å². The first-order valence-corrected chi connectivity index (χ1v) is 14.0. The highest BCUT2D eigenvalue weighted by molar-refractivity contribution is 6.06. The molecule has 0 amide bonds. The highest BCUT2D eigenvalue weighted by Gasteiger charge is 2.43. The van der Waals surface area contributed by atoms with Gasteiger partial charge in [-0.1, -0.05) is 72.8 Å². The fourth-order valence-electron chi connectivity index (χ4n) is 5.80. The largest absolute Gasteiger partial charge is 0.466 e. The first-order chi connectivity index (χ1) is 21.9. The molecule has 0 saturated carbocycles. The van der Waals surface area contributed by atoms with Crippen LogP contribution in [0.2, 0.25) is 0 Å². The van der Waals surface area contributed by atoms with Crippen LogP contribution in [-0.4, -0.2) is 40.8 Å². The maximum atomic E-state index is 13.5. The molecule has 0 aliphatic carbocycles. The summed E-state index contributed by atoms with van der Waals surface area (Å²) in [5.41, 5.74) is 12.5. The molecule has 0 radical (unpaired) electrons. The minimum absolute atomic E-state index is 0.0160.